The largest absolute Gasteiger partial charge is 0.304 e. The first-order chi connectivity index (χ1) is 6.15. The van der Waals surface area contributed by atoms with Gasteiger partial charge < -0.3 is 4.84 Å². The lowest BCUT2D eigenvalue weighted by Gasteiger charge is -2.04. The van der Waals surface area contributed by atoms with Crippen molar-refractivity contribution in [3.8, 4) is 0 Å². The van der Waals surface area contributed by atoms with Crippen molar-refractivity contribution in [1.82, 2.24) is 0 Å². The maximum Gasteiger partial charge on any atom is 0.143 e. The van der Waals surface area contributed by atoms with Gasteiger partial charge in [-0.05, 0) is 24.1 Å². The molecule has 0 aliphatic heterocycles. The first kappa shape index (κ1) is 10.9. The summed E-state index contributed by atoms with van der Waals surface area (Å²) in [4.78, 5) is 4.38. The molecule has 5 heteroatoms. The van der Waals surface area contributed by atoms with Crippen molar-refractivity contribution in [1.29, 1.82) is 0 Å². The van der Waals surface area contributed by atoms with E-state index in [1.807, 2.05) is 0 Å². The monoisotopic (exact) mass is 267 g/mol. The van der Waals surface area contributed by atoms with Gasteiger partial charge in [-0.3, -0.25) is 0 Å². The predicted molar refractivity (Wildman–Crippen MR) is 53.0 cm³/mol. The summed E-state index contributed by atoms with van der Waals surface area (Å²) in [5.41, 5.74) is 0.680. The zero-order chi connectivity index (χ0) is 9.84. The number of benzene rings is 1. The molecule has 0 heterocycles. The van der Waals surface area contributed by atoms with Crippen molar-refractivity contribution in [3.63, 3.8) is 0 Å². The molecule has 2 N–H and O–H groups in total. The zero-order valence-electron chi connectivity index (χ0n) is 6.69. The van der Waals surface area contributed by atoms with E-state index in [1.54, 1.807) is 6.07 Å². The van der Waals surface area contributed by atoms with E-state index in [2.05, 4.69) is 20.8 Å². The summed E-state index contributed by atoms with van der Waals surface area (Å²) in [7, 11) is 0. The Balaban J connectivity index is 2.92. The fourth-order valence-corrected chi connectivity index (χ4v) is 1.64. The molecule has 0 aromatic heterocycles. The highest BCUT2D eigenvalue weighted by atomic mass is 79.9. The van der Waals surface area contributed by atoms with E-state index >= 15 is 0 Å². The lowest BCUT2D eigenvalue weighted by Crippen LogP contribution is -2.04. The van der Waals surface area contributed by atoms with Crippen LogP contribution in [0.1, 0.15) is 5.56 Å². The molecule has 0 bridgehead atoms. The smallest absolute Gasteiger partial charge is 0.143 e. The molecule has 0 saturated heterocycles. The number of halogens is 3. The molecule has 0 amide bonds. The summed E-state index contributed by atoms with van der Waals surface area (Å²) >= 11 is 8.88. The molecule has 2 nitrogen and oxygen atoms in total. The first-order valence-corrected chi connectivity index (χ1v) is 4.77. The molecule has 0 atom stereocenters. The van der Waals surface area contributed by atoms with Crippen LogP contribution in [0, 0.1) is 5.82 Å². The van der Waals surface area contributed by atoms with Crippen LogP contribution in [-0.4, -0.2) is 6.61 Å². The maximum absolute atomic E-state index is 13.0. The lowest BCUT2D eigenvalue weighted by molar-refractivity contribution is 0.141. The molecular weight excluding hydrogens is 260 g/mol. The minimum atomic E-state index is -0.442. The molecule has 1 aromatic rings. The summed E-state index contributed by atoms with van der Waals surface area (Å²) < 4.78 is 13.7. The van der Waals surface area contributed by atoms with Crippen LogP contribution in [0.4, 0.5) is 4.39 Å². The fourth-order valence-electron chi connectivity index (χ4n) is 0.960. The van der Waals surface area contributed by atoms with Crippen LogP contribution in [0.3, 0.4) is 0 Å². The molecule has 72 valence electrons. The van der Waals surface area contributed by atoms with Gasteiger partial charge in [0.2, 0.25) is 0 Å². The Kier molecular flexibility index (Phi) is 4.12. The van der Waals surface area contributed by atoms with Gasteiger partial charge in [0.1, 0.15) is 5.82 Å². The van der Waals surface area contributed by atoms with Gasteiger partial charge >= 0.3 is 0 Å². The molecule has 0 fully saturated rings. The van der Waals surface area contributed by atoms with Crippen molar-refractivity contribution < 1.29 is 9.23 Å². The fraction of sp³-hybridized carbons (Fsp3) is 0.250. The van der Waals surface area contributed by atoms with Crippen molar-refractivity contribution in [2.75, 3.05) is 6.61 Å². The van der Waals surface area contributed by atoms with Crippen LogP contribution in [-0.2, 0) is 11.3 Å². The molecule has 0 unspecified atom stereocenters. The lowest BCUT2D eigenvalue weighted by atomic mass is 10.1. The Morgan fingerprint density at radius 3 is 2.85 bits per heavy atom. The Hall–Kier alpha value is -0.160. The van der Waals surface area contributed by atoms with E-state index in [4.69, 9.17) is 17.5 Å². The van der Waals surface area contributed by atoms with Gasteiger partial charge in [0.15, 0.2) is 0 Å². The number of rotatable bonds is 3. The predicted octanol–water partition coefficient (Wildman–Crippen LogP) is 2.67. The van der Waals surface area contributed by atoms with Crippen LogP contribution in [0.15, 0.2) is 16.6 Å². The highest BCUT2D eigenvalue weighted by molar-refractivity contribution is 9.10. The van der Waals surface area contributed by atoms with Crippen LogP contribution in [0.25, 0.3) is 0 Å². The second-order valence-electron chi connectivity index (χ2n) is 2.48. The number of nitrogens with two attached hydrogens (primary N) is 1. The van der Waals surface area contributed by atoms with Crippen molar-refractivity contribution in [3.05, 3.63) is 33.0 Å². The molecular formula is C8H8BrClFNO. The Labute approximate surface area is 88.9 Å². The van der Waals surface area contributed by atoms with E-state index in [1.165, 1.54) is 6.07 Å². The average molecular weight is 269 g/mol. The highest BCUT2D eigenvalue weighted by Gasteiger charge is 2.07. The van der Waals surface area contributed by atoms with E-state index < -0.39 is 5.82 Å². The summed E-state index contributed by atoms with van der Waals surface area (Å²) in [6.07, 6.45) is 0.492. The molecule has 1 aromatic carbocycles. The molecule has 0 saturated carbocycles. The van der Waals surface area contributed by atoms with E-state index in [-0.39, 0.29) is 5.02 Å². The van der Waals surface area contributed by atoms with Gasteiger partial charge in [-0.2, -0.15) is 0 Å². The van der Waals surface area contributed by atoms with Gasteiger partial charge in [0.25, 0.3) is 0 Å². The third-order valence-electron chi connectivity index (χ3n) is 1.56. The van der Waals surface area contributed by atoms with Gasteiger partial charge in [0, 0.05) is 4.47 Å². The first-order valence-electron chi connectivity index (χ1n) is 3.60. The normalized spacial score (nSPS) is 10.5. The van der Waals surface area contributed by atoms with Crippen LogP contribution in [0.2, 0.25) is 5.02 Å². The van der Waals surface area contributed by atoms with Crippen molar-refractivity contribution in [2.45, 2.75) is 6.42 Å². The second kappa shape index (κ2) is 4.91. The summed E-state index contributed by atoms with van der Waals surface area (Å²) in [5.74, 6) is 4.41. The van der Waals surface area contributed by atoms with Crippen LogP contribution < -0.4 is 5.90 Å². The topological polar surface area (TPSA) is 35.2 Å². The molecule has 0 aliphatic rings. The maximum atomic E-state index is 13.0. The minimum Gasteiger partial charge on any atom is -0.304 e. The second-order valence-corrected chi connectivity index (χ2v) is 3.78. The Morgan fingerprint density at radius 2 is 2.23 bits per heavy atom. The number of hydrogen-bond acceptors (Lipinski definition) is 2. The SMILES string of the molecule is NOCCc1cc(Br)cc(F)c1Cl. The molecule has 1 rings (SSSR count). The summed E-state index contributed by atoms with van der Waals surface area (Å²) in [6, 6.07) is 3.06. The third kappa shape index (κ3) is 2.91. The highest BCUT2D eigenvalue weighted by Crippen LogP contribution is 2.25. The van der Waals surface area contributed by atoms with E-state index in [9.17, 15) is 4.39 Å². The van der Waals surface area contributed by atoms with Gasteiger partial charge in [-0.1, -0.05) is 27.5 Å². The summed E-state index contributed by atoms with van der Waals surface area (Å²) in [5, 5.41) is 0.125. The van der Waals surface area contributed by atoms with Gasteiger partial charge in [-0.15, -0.1) is 0 Å². The standard InChI is InChI=1S/C8H8BrClFNO/c9-6-3-5(1-2-13-12)8(10)7(11)4-6/h3-4H,1-2,12H2. The quantitative estimate of drug-likeness (QED) is 0.676. The van der Waals surface area contributed by atoms with Gasteiger partial charge in [-0.25, -0.2) is 10.3 Å². The van der Waals surface area contributed by atoms with E-state index in [0.717, 1.165) is 0 Å². The Morgan fingerprint density at radius 1 is 1.54 bits per heavy atom. The van der Waals surface area contributed by atoms with Crippen molar-refractivity contribution in [2.24, 2.45) is 5.90 Å². The van der Waals surface area contributed by atoms with Crippen LogP contribution in [0.5, 0.6) is 0 Å². The van der Waals surface area contributed by atoms with Gasteiger partial charge in [0.05, 0.1) is 11.6 Å². The summed E-state index contributed by atoms with van der Waals surface area (Å²) in [6.45, 7) is 0.315. The van der Waals surface area contributed by atoms with E-state index in [0.29, 0.717) is 23.1 Å². The Bertz CT molecular complexity index is 308. The zero-order valence-corrected chi connectivity index (χ0v) is 9.03. The molecule has 0 radical (unpaired) electrons. The van der Waals surface area contributed by atoms with Crippen LogP contribution >= 0.6 is 27.5 Å². The molecule has 0 aliphatic carbocycles. The average Bonchev–Trinajstić information content (AvgIpc) is 2.09. The van der Waals surface area contributed by atoms with Crippen molar-refractivity contribution >= 4 is 27.5 Å². The molecule has 13 heavy (non-hydrogen) atoms. The molecule has 0 spiro atoms. The third-order valence-corrected chi connectivity index (χ3v) is 2.44. The minimum absolute atomic E-state index is 0.125. The number of hydrogen-bond donors (Lipinski definition) is 1.